The Morgan fingerprint density at radius 3 is 3.08 bits per heavy atom. The van der Waals surface area contributed by atoms with Gasteiger partial charge in [0.05, 0.1) is 0 Å². The maximum atomic E-state index is 13.4. The first-order chi connectivity index (χ1) is 6.31. The maximum Gasteiger partial charge on any atom is 0.149 e. The summed E-state index contributed by atoms with van der Waals surface area (Å²) in [5.74, 6) is -0.247. The monoisotopic (exact) mass is 175 g/mol. The SMILES string of the molecule is C=Cc1cc(F)c2c(c1)CCC=N2. The van der Waals surface area contributed by atoms with Crippen LogP contribution < -0.4 is 0 Å². The van der Waals surface area contributed by atoms with Crippen molar-refractivity contribution in [2.24, 2.45) is 4.99 Å². The molecule has 0 atom stereocenters. The third-order valence-electron chi connectivity index (χ3n) is 2.16. The van der Waals surface area contributed by atoms with E-state index in [0.29, 0.717) is 5.69 Å². The molecule has 0 saturated carbocycles. The lowest BCUT2D eigenvalue weighted by Crippen LogP contribution is -1.96. The lowest BCUT2D eigenvalue weighted by atomic mass is 10.0. The Hall–Kier alpha value is -1.44. The summed E-state index contributed by atoms with van der Waals surface area (Å²) in [6.07, 6.45) is 5.19. The van der Waals surface area contributed by atoms with Gasteiger partial charge in [0.15, 0.2) is 0 Å². The molecule has 0 amide bonds. The fourth-order valence-corrected chi connectivity index (χ4v) is 1.51. The molecule has 13 heavy (non-hydrogen) atoms. The maximum absolute atomic E-state index is 13.4. The normalized spacial score (nSPS) is 13.9. The highest BCUT2D eigenvalue weighted by Gasteiger charge is 2.11. The van der Waals surface area contributed by atoms with E-state index in [1.165, 1.54) is 6.07 Å². The average Bonchev–Trinajstić information content (AvgIpc) is 2.18. The van der Waals surface area contributed by atoms with E-state index in [2.05, 4.69) is 11.6 Å². The van der Waals surface area contributed by atoms with Gasteiger partial charge >= 0.3 is 0 Å². The first kappa shape index (κ1) is 8.17. The fraction of sp³-hybridized carbons (Fsp3) is 0.182. The Morgan fingerprint density at radius 1 is 1.46 bits per heavy atom. The third kappa shape index (κ3) is 1.39. The molecule has 2 heteroatoms. The highest BCUT2D eigenvalue weighted by molar-refractivity contribution is 5.70. The van der Waals surface area contributed by atoms with Crippen LogP contribution in [0.5, 0.6) is 0 Å². The molecule has 1 nitrogen and oxygen atoms in total. The minimum atomic E-state index is -0.247. The van der Waals surface area contributed by atoms with Gasteiger partial charge in [0.1, 0.15) is 11.5 Å². The topological polar surface area (TPSA) is 12.4 Å². The second-order valence-electron chi connectivity index (χ2n) is 3.06. The number of halogens is 1. The summed E-state index contributed by atoms with van der Waals surface area (Å²) in [7, 11) is 0. The van der Waals surface area contributed by atoms with Crippen molar-refractivity contribution in [3.05, 3.63) is 35.7 Å². The largest absolute Gasteiger partial charge is 0.258 e. The molecule has 1 aromatic carbocycles. The number of hydrogen-bond donors (Lipinski definition) is 0. The van der Waals surface area contributed by atoms with E-state index in [4.69, 9.17) is 0 Å². The smallest absolute Gasteiger partial charge is 0.149 e. The van der Waals surface area contributed by atoms with Crippen molar-refractivity contribution in [1.82, 2.24) is 0 Å². The number of benzene rings is 1. The van der Waals surface area contributed by atoms with E-state index in [1.807, 2.05) is 6.07 Å². The minimum absolute atomic E-state index is 0.247. The summed E-state index contributed by atoms with van der Waals surface area (Å²) in [5.41, 5.74) is 2.31. The molecule has 0 spiro atoms. The summed E-state index contributed by atoms with van der Waals surface area (Å²) in [6, 6.07) is 3.41. The molecule has 1 aliphatic rings. The number of nitrogens with zero attached hydrogens (tertiary/aromatic N) is 1. The zero-order valence-corrected chi connectivity index (χ0v) is 7.26. The molecule has 0 bridgehead atoms. The molecule has 0 fully saturated rings. The standard InChI is InChI=1S/C11H10FN/c1-2-8-6-9-4-3-5-13-11(9)10(12)7-8/h2,5-7H,1,3-4H2. The van der Waals surface area contributed by atoms with E-state index in [-0.39, 0.29) is 5.82 Å². The number of fused-ring (bicyclic) bond motifs is 1. The summed E-state index contributed by atoms with van der Waals surface area (Å²) in [5, 5.41) is 0. The second kappa shape index (κ2) is 3.13. The molecule has 0 aliphatic carbocycles. The van der Waals surface area contributed by atoms with Crippen LogP contribution in [-0.2, 0) is 6.42 Å². The van der Waals surface area contributed by atoms with Gasteiger partial charge in [0.25, 0.3) is 0 Å². The molecule has 2 rings (SSSR count). The molecule has 0 aromatic heterocycles. The molecular weight excluding hydrogens is 165 g/mol. The zero-order chi connectivity index (χ0) is 9.26. The van der Waals surface area contributed by atoms with E-state index in [9.17, 15) is 4.39 Å². The summed E-state index contributed by atoms with van der Waals surface area (Å²) >= 11 is 0. The van der Waals surface area contributed by atoms with Crippen molar-refractivity contribution in [1.29, 1.82) is 0 Å². The Kier molecular flexibility index (Phi) is 1.97. The second-order valence-corrected chi connectivity index (χ2v) is 3.06. The van der Waals surface area contributed by atoms with Gasteiger partial charge in [0, 0.05) is 6.21 Å². The highest BCUT2D eigenvalue weighted by atomic mass is 19.1. The third-order valence-corrected chi connectivity index (χ3v) is 2.16. The Bertz CT molecular complexity index is 380. The van der Waals surface area contributed by atoms with Crippen LogP contribution in [-0.4, -0.2) is 6.21 Å². The predicted octanol–water partition coefficient (Wildman–Crippen LogP) is 3.12. The average molecular weight is 175 g/mol. The molecule has 0 saturated heterocycles. The van der Waals surface area contributed by atoms with Gasteiger partial charge < -0.3 is 0 Å². The van der Waals surface area contributed by atoms with E-state index < -0.39 is 0 Å². The van der Waals surface area contributed by atoms with Gasteiger partial charge in [-0.1, -0.05) is 12.7 Å². The summed E-state index contributed by atoms with van der Waals surface area (Å²) < 4.78 is 13.4. The van der Waals surface area contributed by atoms with Crippen LogP contribution in [0.15, 0.2) is 23.7 Å². The van der Waals surface area contributed by atoms with Crippen molar-refractivity contribution in [2.75, 3.05) is 0 Å². The Morgan fingerprint density at radius 2 is 2.31 bits per heavy atom. The van der Waals surface area contributed by atoms with E-state index in [1.54, 1.807) is 12.3 Å². The minimum Gasteiger partial charge on any atom is -0.258 e. The van der Waals surface area contributed by atoms with Gasteiger partial charge in [-0.15, -0.1) is 0 Å². The first-order valence-corrected chi connectivity index (χ1v) is 4.28. The van der Waals surface area contributed by atoms with Gasteiger partial charge in [0.2, 0.25) is 0 Å². The number of hydrogen-bond acceptors (Lipinski definition) is 1. The van der Waals surface area contributed by atoms with Crippen LogP contribution >= 0.6 is 0 Å². The zero-order valence-electron chi connectivity index (χ0n) is 7.26. The van der Waals surface area contributed by atoms with Gasteiger partial charge in [-0.2, -0.15) is 0 Å². The van der Waals surface area contributed by atoms with Crippen molar-refractivity contribution in [3.63, 3.8) is 0 Å². The van der Waals surface area contributed by atoms with Gasteiger partial charge in [-0.3, -0.25) is 4.99 Å². The van der Waals surface area contributed by atoms with Crippen LogP contribution in [0.3, 0.4) is 0 Å². The van der Waals surface area contributed by atoms with Crippen LogP contribution in [0.1, 0.15) is 17.5 Å². The molecule has 0 unspecified atom stereocenters. The first-order valence-electron chi connectivity index (χ1n) is 4.28. The van der Waals surface area contributed by atoms with Crippen molar-refractivity contribution in [3.8, 4) is 0 Å². The molecule has 1 aliphatic heterocycles. The lowest BCUT2D eigenvalue weighted by molar-refractivity contribution is 0.626. The quantitative estimate of drug-likeness (QED) is 0.621. The Balaban J connectivity index is 2.61. The molecule has 1 aromatic rings. The van der Waals surface area contributed by atoms with Crippen molar-refractivity contribution >= 4 is 18.0 Å². The van der Waals surface area contributed by atoms with Gasteiger partial charge in [-0.25, -0.2) is 4.39 Å². The van der Waals surface area contributed by atoms with Crippen molar-refractivity contribution in [2.45, 2.75) is 12.8 Å². The summed E-state index contributed by atoms with van der Waals surface area (Å²) in [6.45, 7) is 3.62. The number of rotatable bonds is 1. The van der Waals surface area contributed by atoms with Crippen molar-refractivity contribution < 1.29 is 4.39 Å². The molecule has 0 N–H and O–H groups in total. The van der Waals surface area contributed by atoms with Crippen LogP contribution in [0, 0.1) is 5.82 Å². The molecule has 1 heterocycles. The van der Waals surface area contributed by atoms with Crippen LogP contribution in [0.25, 0.3) is 6.08 Å². The van der Waals surface area contributed by atoms with Crippen LogP contribution in [0.4, 0.5) is 10.1 Å². The predicted molar refractivity (Wildman–Crippen MR) is 53.0 cm³/mol. The number of aliphatic imine (C=N–C) groups is 1. The molecule has 66 valence electrons. The van der Waals surface area contributed by atoms with Gasteiger partial charge in [-0.05, 0) is 36.1 Å². The van der Waals surface area contributed by atoms with E-state index in [0.717, 1.165) is 24.0 Å². The van der Waals surface area contributed by atoms with E-state index >= 15 is 0 Å². The Labute approximate surface area is 76.6 Å². The molecule has 0 radical (unpaired) electrons. The number of aryl methyl sites for hydroxylation is 1. The molecular formula is C11H10FN. The highest BCUT2D eigenvalue weighted by Crippen LogP contribution is 2.28. The fourth-order valence-electron chi connectivity index (χ4n) is 1.51. The summed E-state index contributed by atoms with van der Waals surface area (Å²) in [4.78, 5) is 4.03. The lowest BCUT2D eigenvalue weighted by Gasteiger charge is -2.10. The van der Waals surface area contributed by atoms with Crippen LogP contribution in [0.2, 0.25) is 0 Å².